The summed E-state index contributed by atoms with van der Waals surface area (Å²) in [5, 5.41) is 3.11. The first-order valence-corrected chi connectivity index (χ1v) is 7.23. The fraction of sp³-hybridized carbons (Fsp3) is 0.118. The second kappa shape index (κ2) is 8.31. The first-order valence-electron chi connectivity index (χ1n) is 6.85. The van der Waals surface area contributed by atoms with Gasteiger partial charge in [0.1, 0.15) is 0 Å². The number of amides is 1. The van der Waals surface area contributed by atoms with Crippen LogP contribution in [0.25, 0.3) is 6.08 Å². The fourth-order valence-corrected chi connectivity index (χ4v) is 2.11. The van der Waals surface area contributed by atoms with Gasteiger partial charge in [-0.25, -0.2) is 0 Å². The minimum Gasteiger partial charge on any atom is -0.493 e. The summed E-state index contributed by atoms with van der Waals surface area (Å²) in [6, 6.07) is 11.2. The lowest BCUT2D eigenvalue weighted by Crippen LogP contribution is -2.09. The molecule has 0 aliphatic rings. The Morgan fingerprint density at radius 3 is 2.67 bits per heavy atom. The molecule has 0 spiro atoms. The molecular weight excluding hydrogens is 340 g/mol. The van der Waals surface area contributed by atoms with Gasteiger partial charge in [0.05, 0.1) is 7.11 Å². The van der Waals surface area contributed by atoms with E-state index in [4.69, 9.17) is 16.3 Å². The Bertz CT molecular complexity index is 750. The van der Waals surface area contributed by atoms with Crippen LogP contribution in [-0.4, -0.2) is 19.6 Å². The number of rotatable bonds is 6. The van der Waals surface area contributed by atoms with E-state index in [1.165, 1.54) is 31.4 Å². The molecule has 2 aromatic rings. The molecule has 0 fully saturated rings. The van der Waals surface area contributed by atoms with Crippen molar-refractivity contribution in [2.45, 2.75) is 6.61 Å². The van der Waals surface area contributed by atoms with Crippen LogP contribution in [0.4, 0.5) is 14.5 Å². The van der Waals surface area contributed by atoms with Crippen molar-refractivity contribution in [2.24, 2.45) is 0 Å². The maximum absolute atomic E-state index is 12.4. The number of hydrogen-bond acceptors (Lipinski definition) is 3. The van der Waals surface area contributed by atoms with Crippen LogP contribution >= 0.6 is 11.6 Å². The summed E-state index contributed by atoms with van der Waals surface area (Å²) in [4.78, 5) is 11.9. The Balaban J connectivity index is 2.08. The molecule has 2 aromatic carbocycles. The summed E-state index contributed by atoms with van der Waals surface area (Å²) in [5.41, 5.74) is 1.06. The molecule has 0 aliphatic heterocycles. The fourth-order valence-electron chi connectivity index (χ4n) is 1.91. The lowest BCUT2D eigenvalue weighted by Gasteiger charge is -2.11. The summed E-state index contributed by atoms with van der Waals surface area (Å²) < 4.78 is 34.1. The molecule has 0 radical (unpaired) electrons. The Morgan fingerprint density at radius 2 is 2.00 bits per heavy atom. The summed E-state index contributed by atoms with van der Waals surface area (Å²) in [5.74, 6) is -0.449. The first-order chi connectivity index (χ1) is 11.5. The minimum atomic E-state index is -2.99. The van der Waals surface area contributed by atoms with Crippen LogP contribution < -0.4 is 14.8 Å². The summed E-state index contributed by atoms with van der Waals surface area (Å²) in [6.45, 7) is -2.99. The van der Waals surface area contributed by atoms with Gasteiger partial charge in [0.25, 0.3) is 0 Å². The number of halogens is 3. The second-order valence-electron chi connectivity index (χ2n) is 4.62. The normalized spacial score (nSPS) is 10.9. The zero-order valence-electron chi connectivity index (χ0n) is 12.6. The molecule has 2 rings (SSSR count). The highest BCUT2D eigenvalue weighted by atomic mass is 35.5. The molecule has 7 heteroatoms. The molecule has 1 N–H and O–H groups in total. The third-order valence-electron chi connectivity index (χ3n) is 2.92. The monoisotopic (exact) mass is 353 g/mol. The van der Waals surface area contributed by atoms with Gasteiger partial charge in [-0.2, -0.15) is 8.78 Å². The van der Waals surface area contributed by atoms with Gasteiger partial charge in [0, 0.05) is 22.9 Å². The highest BCUT2D eigenvalue weighted by Gasteiger charge is 2.11. The Labute approximate surface area is 142 Å². The number of hydrogen-bond donors (Lipinski definition) is 1. The topological polar surface area (TPSA) is 47.6 Å². The number of benzene rings is 2. The standard InChI is InChI=1S/C17H14ClF2NO3/c1-23-14-7-6-13(10-15(14)24-17(19)20)21-16(22)8-5-11-3-2-4-12(18)9-11/h2-10,17H,1H3,(H,21,22)/b8-5+. The van der Waals surface area contributed by atoms with E-state index in [0.29, 0.717) is 10.7 Å². The molecule has 0 heterocycles. The lowest BCUT2D eigenvalue weighted by atomic mass is 10.2. The van der Waals surface area contributed by atoms with E-state index in [-0.39, 0.29) is 11.5 Å². The van der Waals surface area contributed by atoms with Crippen molar-refractivity contribution in [2.75, 3.05) is 12.4 Å². The molecule has 0 atom stereocenters. The number of carbonyl (C=O) groups excluding carboxylic acids is 1. The first kappa shape index (κ1) is 17.7. The Hall–Kier alpha value is -2.60. The number of carbonyl (C=O) groups is 1. The van der Waals surface area contributed by atoms with Crippen LogP contribution in [0, 0.1) is 0 Å². The van der Waals surface area contributed by atoms with Crippen molar-refractivity contribution in [3.8, 4) is 11.5 Å². The summed E-state index contributed by atoms with van der Waals surface area (Å²) in [6.07, 6.45) is 2.89. The van der Waals surface area contributed by atoms with E-state index in [9.17, 15) is 13.6 Å². The van der Waals surface area contributed by atoms with Crippen LogP contribution in [0.3, 0.4) is 0 Å². The number of nitrogens with one attached hydrogen (secondary N) is 1. The van der Waals surface area contributed by atoms with Gasteiger partial charge in [0.15, 0.2) is 11.5 Å². The van der Waals surface area contributed by atoms with Crippen molar-refractivity contribution in [3.63, 3.8) is 0 Å². The molecule has 0 aliphatic carbocycles. The molecule has 4 nitrogen and oxygen atoms in total. The van der Waals surface area contributed by atoms with Gasteiger partial charge >= 0.3 is 6.61 Å². The van der Waals surface area contributed by atoms with Gasteiger partial charge in [-0.1, -0.05) is 23.7 Å². The quantitative estimate of drug-likeness (QED) is 0.772. The second-order valence-corrected chi connectivity index (χ2v) is 5.06. The van der Waals surface area contributed by atoms with Crippen LogP contribution in [0.5, 0.6) is 11.5 Å². The predicted octanol–water partition coefficient (Wildman–Crippen LogP) is 4.60. The van der Waals surface area contributed by atoms with Crippen LogP contribution in [0.1, 0.15) is 5.56 Å². The molecule has 126 valence electrons. The zero-order chi connectivity index (χ0) is 17.5. The summed E-state index contributed by atoms with van der Waals surface area (Å²) in [7, 11) is 1.33. The third kappa shape index (κ3) is 5.24. The van der Waals surface area contributed by atoms with Crippen molar-refractivity contribution in [1.29, 1.82) is 0 Å². The molecular formula is C17H14ClF2NO3. The Morgan fingerprint density at radius 1 is 1.21 bits per heavy atom. The SMILES string of the molecule is COc1ccc(NC(=O)/C=C/c2cccc(Cl)c2)cc1OC(F)F. The average Bonchev–Trinajstić information content (AvgIpc) is 2.53. The minimum absolute atomic E-state index is 0.141. The number of alkyl halides is 2. The van der Waals surface area contributed by atoms with E-state index in [1.807, 2.05) is 0 Å². The maximum atomic E-state index is 12.4. The molecule has 1 amide bonds. The van der Waals surface area contributed by atoms with Crippen molar-refractivity contribution < 1.29 is 23.0 Å². The van der Waals surface area contributed by atoms with Crippen molar-refractivity contribution >= 4 is 29.3 Å². The van der Waals surface area contributed by atoms with Crippen molar-refractivity contribution in [1.82, 2.24) is 0 Å². The van der Waals surface area contributed by atoms with Gasteiger partial charge < -0.3 is 14.8 Å². The van der Waals surface area contributed by atoms with Crippen LogP contribution in [-0.2, 0) is 4.79 Å². The van der Waals surface area contributed by atoms with Crippen LogP contribution in [0.15, 0.2) is 48.5 Å². The predicted molar refractivity (Wildman–Crippen MR) is 88.7 cm³/mol. The largest absolute Gasteiger partial charge is 0.493 e. The van der Waals surface area contributed by atoms with Gasteiger partial charge in [-0.15, -0.1) is 0 Å². The van der Waals surface area contributed by atoms with Crippen LogP contribution in [0.2, 0.25) is 5.02 Å². The van der Waals surface area contributed by atoms with Gasteiger partial charge in [-0.05, 0) is 35.9 Å². The molecule has 24 heavy (non-hydrogen) atoms. The average molecular weight is 354 g/mol. The van der Waals surface area contributed by atoms with Gasteiger partial charge in [0.2, 0.25) is 5.91 Å². The van der Waals surface area contributed by atoms with E-state index < -0.39 is 12.5 Å². The summed E-state index contributed by atoms with van der Waals surface area (Å²) >= 11 is 5.86. The molecule has 0 unspecified atom stereocenters. The van der Waals surface area contributed by atoms with Gasteiger partial charge in [-0.3, -0.25) is 4.79 Å². The molecule has 0 aromatic heterocycles. The smallest absolute Gasteiger partial charge is 0.387 e. The maximum Gasteiger partial charge on any atom is 0.387 e. The zero-order valence-corrected chi connectivity index (χ0v) is 13.4. The highest BCUT2D eigenvalue weighted by molar-refractivity contribution is 6.30. The van der Waals surface area contributed by atoms with E-state index >= 15 is 0 Å². The van der Waals surface area contributed by atoms with E-state index in [1.54, 1.807) is 30.3 Å². The number of anilines is 1. The molecule has 0 bridgehead atoms. The third-order valence-corrected chi connectivity index (χ3v) is 3.16. The van der Waals surface area contributed by atoms with E-state index in [2.05, 4.69) is 10.1 Å². The molecule has 0 saturated heterocycles. The lowest BCUT2D eigenvalue weighted by molar-refractivity contribution is -0.111. The number of methoxy groups -OCH3 is 1. The molecule has 0 saturated carbocycles. The van der Waals surface area contributed by atoms with E-state index in [0.717, 1.165) is 5.56 Å². The van der Waals surface area contributed by atoms with Crippen molar-refractivity contribution in [3.05, 3.63) is 59.1 Å². The Kier molecular flexibility index (Phi) is 6.14. The highest BCUT2D eigenvalue weighted by Crippen LogP contribution is 2.31. The number of ether oxygens (including phenoxy) is 2.